The molecule has 0 saturated carbocycles. The minimum absolute atomic E-state index is 0.00571. The van der Waals surface area contributed by atoms with Crippen LogP contribution in [-0.2, 0) is 9.53 Å². The SMILES string of the molecule is COCC(=O)Nc1ccc(N2C(=S)NC(c3ccccn3)C2c2cc(C)n(-c3ccc(C)cc3)c2C)cc1C. The molecule has 2 aromatic carbocycles. The molecule has 2 aromatic heterocycles. The van der Waals surface area contributed by atoms with Crippen LogP contribution in [0.4, 0.5) is 11.4 Å². The molecule has 1 aliphatic rings. The van der Waals surface area contributed by atoms with Crippen LogP contribution in [0.1, 0.15) is 45.9 Å². The molecule has 1 amide bonds. The quantitative estimate of drug-likeness (QED) is 0.286. The number of thiocarbonyl (C=S) groups is 1. The second-order valence-corrected chi connectivity index (χ2v) is 10.4. The highest BCUT2D eigenvalue weighted by atomic mass is 32.1. The van der Waals surface area contributed by atoms with E-state index in [1.807, 2.05) is 43.5 Å². The normalized spacial score (nSPS) is 16.8. The highest BCUT2D eigenvalue weighted by molar-refractivity contribution is 7.80. The highest BCUT2D eigenvalue weighted by Crippen LogP contribution is 2.44. The maximum Gasteiger partial charge on any atom is 0.250 e. The molecule has 0 spiro atoms. The van der Waals surface area contributed by atoms with Gasteiger partial charge in [-0.3, -0.25) is 9.78 Å². The molecule has 200 valence electrons. The number of nitrogens with zero attached hydrogens (tertiary/aromatic N) is 3. The van der Waals surface area contributed by atoms with E-state index in [9.17, 15) is 4.79 Å². The first kappa shape index (κ1) is 26.6. The number of pyridine rings is 1. The third-order valence-electron chi connectivity index (χ3n) is 7.22. The number of anilines is 2. The van der Waals surface area contributed by atoms with Gasteiger partial charge in [0.05, 0.1) is 17.8 Å². The van der Waals surface area contributed by atoms with Crippen LogP contribution in [0.2, 0.25) is 0 Å². The van der Waals surface area contributed by atoms with Gasteiger partial charge in [0, 0.05) is 41.8 Å². The Morgan fingerprint density at radius 1 is 1.03 bits per heavy atom. The molecule has 4 aromatic rings. The Hall–Kier alpha value is -4.01. The summed E-state index contributed by atoms with van der Waals surface area (Å²) in [7, 11) is 1.50. The monoisotopic (exact) mass is 539 g/mol. The van der Waals surface area contributed by atoms with Crippen LogP contribution in [0.25, 0.3) is 5.69 Å². The van der Waals surface area contributed by atoms with Gasteiger partial charge in [-0.15, -0.1) is 0 Å². The molecule has 0 aliphatic carbocycles. The molecule has 0 bridgehead atoms. The van der Waals surface area contributed by atoms with E-state index in [0.717, 1.165) is 39.7 Å². The number of carbonyl (C=O) groups is 1. The molecule has 8 heteroatoms. The highest BCUT2D eigenvalue weighted by Gasteiger charge is 2.42. The number of rotatable bonds is 7. The standard InChI is InChI=1S/C31H33N5O2S/c1-19-9-11-23(12-10-19)35-21(3)17-25(22(35)4)30-29(27-8-6-7-15-32-27)34-31(39)36(30)24-13-14-26(20(2)16-24)33-28(37)18-38-5/h6-17,29-30H,18H2,1-5H3,(H,33,37)(H,34,39). The zero-order chi connectivity index (χ0) is 27.7. The molecule has 7 nitrogen and oxygen atoms in total. The first-order valence-electron chi connectivity index (χ1n) is 12.9. The lowest BCUT2D eigenvalue weighted by Crippen LogP contribution is -2.29. The van der Waals surface area contributed by atoms with Crippen molar-refractivity contribution in [3.8, 4) is 5.69 Å². The van der Waals surface area contributed by atoms with Crippen molar-refractivity contribution in [1.29, 1.82) is 0 Å². The number of ether oxygens (including phenoxy) is 1. The summed E-state index contributed by atoms with van der Waals surface area (Å²) in [6.45, 7) is 8.38. The van der Waals surface area contributed by atoms with Gasteiger partial charge in [-0.2, -0.15) is 0 Å². The van der Waals surface area contributed by atoms with Gasteiger partial charge in [0.15, 0.2) is 5.11 Å². The third-order valence-corrected chi connectivity index (χ3v) is 7.53. The van der Waals surface area contributed by atoms with Crippen LogP contribution >= 0.6 is 12.2 Å². The van der Waals surface area contributed by atoms with Gasteiger partial charge in [-0.05, 0) is 99.6 Å². The fourth-order valence-electron chi connectivity index (χ4n) is 5.38. The summed E-state index contributed by atoms with van der Waals surface area (Å²) in [5.74, 6) is -0.191. The van der Waals surface area contributed by atoms with Crippen LogP contribution in [0.5, 0.6) is 0 Å². The number of aromatic nitrogens is 2. The zero-order valence-electron chi connectivity index (χ0n) is 22.9. The first-order chi connectivity index (χ1) is 18.8. The van der Waals surface area contributed by atoms with E-state index < -0.39 is 0 Å². The average molecular weight is 540 g/mol. The van der Waals surface area contributed by atoms with Crippen LogP contribution in [0.3, 0.4) is 0 Å². The number of benzene rings is 2. The number of nitrogens with one attached hydrogen (secondary N) is 2. The second kappa shape index (κ2) is 11.0. The van der Waals surface area contributed by atoms with Crippen LogP contribution in [-0.4, -0.2) is 34.3 Å². The smallest absolute Gasteiger partial charge is 0.250 e. The van der Waals surface area contributed by atoms with E-state index in [2.05, 4.69) is 77.3 Å². The molecule has 2 unspecified atom stereocenters. The molecule has 1 saturated heterocycles. The van der Waals surface area contributed by atoms with Gasteiger partial charge < -0.3 is 24.8 Å². The van der Waals surface area contributed by atoms with E-state index in [1.54, 1.807) is 0 Å². The van der Waals surface area contributed by atoms with Crippen molar-refractivity contribution in [3.63, 3.8) is 0 Å². The lowest BCUT2D eigenvalue weighted by molar-refractivity contribution is -0.119. The molecule has 0 radical (unpaired) electrons. The maximum absolute atomic E-state index is 12.1. The summed E-state index contributed by atoms with van der Waals surface area (Å²) < 4.78 is 7.25. The fraction of sp³-hybridized carbons (Fsp3) is 0.258. The summed E-state index contributed by atoms with van der Waals surface area (Å²) in [5.41, 5.74) is 9.38. The fourth-order valence-corrected chi connectivity index (χ4v) is 5.73. The zero-order valence-corrected chi connectivity index (χ0v) is 23.7. The molecule has 5 rings (SSSR count). The van der Waals surface area contributed by atoms with Gasteiger partial charge >= 0.3 is 0 Å². The van der Waals surface area contributed by atoms with Crippen molar-refractivity contribution in [2.45, 2.75) is 39.8 Å². The van der Waals surface area contributed by atoms with Crippen molar-refractivity contribution in [2.24, 2.45) is 0 Å². The molecule has 1 fully saturated rings. The van der Waals surface area contributed by atoms with Crippen molar-refractivity contribution < 1.29 is 9.53 Å². The predicted molar refractivity (Wildman–Crippen MR) is 160 cm³/mol. The van der Waals surface area contributed by atoms with Crippen molar-refractivity contribution in [1.82, 2.24) is 14.9 Å². The van der Waals surface area contributed by atoms with Crippen LogP contribution < -0.4 is 15.5 Å². The number of aryl methyl sites for hydroxylation is 3. The van der Waals surface area contributed by atoms with Gasteiger partial charge in [0.1, 0.15) is 6.61 Å². The molecular formula is C31H33N5O2S. The van der Waals surface area contributed by atoms with Crippen molar-refractivity contribution >= 4 is 34.6 Å². The predicted octanol–water partition coefficient (Wildman–Crippen LogP) is 5.87. The van der Waals surface area contributed by atoms with E-state index in [-0.39, 0.29) is 24.6 Å². The molecule has 1 aliphatic heterocycles. The van der Waals surface area contributed by atoms with Crippen LogP contribution in [0.15, 0.2) is 72.9 Å². The average Bonchev–Trinajstić information content (AvgIpc) is 3.41. The summed E-state index contributed by atoms with van der Waals surface area (Å²) in [4.78, 5) is 19.0. The Bertz CT molecular complexity index is 1510. The summed E-state index contributed by atoms with van der Waals surface area (Å²) in [5, 5.41) is 7.10. The second-order valence-electron chi connectivity index (χ2n) is 9.97. The van der Waals surface area contributed by atoms with E-state index in [0.29, 0.717) is 5.11 Å². The Kier molecular flexibility index (Phi) is 7.50. The minimum Gasteiger partial charge on any atom is -0.375 e. The van der Waals surface area contributed by atoms with Gasteiger partial charge in [0.2, 0.25) is 5.91 Å². The summed E-state index contributed by atoms with van der Waals surface area (Å²) >= 11 is 5.94. The Labute approximate surface area is 234 Å². The van der Waals surface area contributed by atoms with Gasteiger partial charge in [-0.25, -0.2) is 0 Å². The maximum atomic E-state index is 12.1. The van der Waals surface area contributed by atoms with Crippen molar-refractivity contribution in [2.75, 3.05) is 23.9 Å². The molecule has 39 heavy (non-hydrogen) atoms. The Morgan fingerprint density at radius 2 is 1.77 bits per heavy atom. The van der Waals surface area contributed by atoms with E-state index in [1.165, 1.54) is 18.2 Å². The Balaban J connectivity index is 1.60. The lowest BCUT2D eigenvalue weighted by atomic mass is 9.96. The minimum atomic E-state index is -0.191. The summed E-state index contributed by atoms with van der Waals surface area (Å²) in [6, 6.07) is 22.5. The van der Waals surface area contributed by atoms with E-state index in [4.69, 9.17) is 21.9 Å². The molecule has 2 N–H and O–H groups in total. The van der Waals surface area contributed by atoms with Gasteiger partial charge in [-0.1, -0.05) is 23.8 Å². The third kappa shape index (κ3) is 5.17. The topological polar surface area (TPSA) is 71.4 Å². The molecule has 2 atom stereocenters. The summed E-state index contributed by atoms with van der Waals surface area (Å²) in [6.07, 6.45) is 1.82. The van der Waals surface area contributed by atoms with E-state index >= 15 is 0 Å². The van der Waals surface area contributed by atoms with Crippen molar-refractivity contribution in [3.05, 3.63) is 107 Å². The largest absolute Gasteiger partial charge is 0.375 e. The van der Waals surface area contributed by atoms with Gasteiger partial charge in [0.25, 0.3) is 0 Å². The lowest BCUT2D eigenvalue weighted by Gasteiger charge is -2.29. The number of methoxy groups -OCH3 is 1. The number of amides is 1. The molecular weight excluding hydrogens is 506 g/mol. The number of hydrogen-bond donors (Lipinski definition) is 2. The molecule has 3 heterocycles. The van der Waals surface area contributed by atoms with Crippen LogP contribution in [0, 0.1) is 27.7 Å². The number of hydrogen-bond acceptors (Lipinski definition) is 4. The first-order valence-corrected chi connectivity index (χ1v) is 13.3. The Morgan fingerprint density at radius 3 is 2.44 bits per heavy atom. The number of carbonyl (C=O) groups excluding carboxylic acids is 1.